The number of nitrogens with zero attached hydrogens (tertiary/aromatic N) is 1. The van der Waals surface area contributed by atoms with Gasteiger partial charge in [-0.25, -0.2) is 0 Å². The van der Waals surface area contributed by atoms with Gasteiger partial charge in [0.2, 0.25) is 0 Å². The molecule has 2 aromatic carbocycles. The van der Waals surface area contributed by atoms with Gasteiger partial charge in [-0.05, 0) is 43.3 Å². The molecule has 0 radical (unpaired) electrons. The minimum atomic E-state index is 0.719. The van der Waals surface area contributed by atoms with Crippen LogP contribution < -0.4 is 4.74 Å². The number of hydrogen-bond donors (Lipinski definition) is 0. The van der Waals surface area contributed by atoms with Crippen molar-refractivity contribution in [1.82, 2.24) is 4.90 Å². The van der Waals surface area contributed by atoms with Crippen molar-refractivity contribution in [3.05, 3.63) is 42.5 Å². The van der Waals surface area contributed by atoms with Gasteiger partial charge in [0, 0.05) is 17.8 Å². The van der Waals surface area contributed by atoms with Crippen molar-refractivity contribution in [3.63, 3.8) is 0 Å². The zero-order chi connectivity index (χ0) is 13.4. The van der Waals surface area contributed by atoms with Crippen LogP contribution in [0.25, 0.3) is 10.8 Å². The topological polar surface area (TPSA) is 12.5 Å². The largest absolute Gasteiger partial charge is 0.493 e. The van der Waals surface area contributed by atoms with Crippen LogP contribution >= 0.6 is 0 Å². The maximum Gasteiger partial charge on any atom is 0.127 e. The van der Waals surface area contributed by atoms with E-state index in [1.54, 1.807) is 0 Å². The van der Waals surface area contributed by atoms with Gasteiger partial charge in [-0.1, -0.05) is 36.4 Å². The van der Waals surface area contributed by atoms with E-state index in [0.717, 1.165) is 24.2 Å². The monoisotopic (exact) mass is 267 g/mol. The molecule has 3 saturated heterocycles. The van der Waals surface area contributed by atoms with Crippen LogP contribution in [0.15, 0.2) is 42.5 Å². The van der Waals surface area contributed by atoms with Gasteiger partial charge in [0.15, 0.2) is 0 Å². The Balaban J connectivity index is 1.51. The summed E-state index contributed by atoms with van der Waals surface area (Å²) in [5.41, 5.74) is 0. The Labute approximate surface area is 120 Å². The molecule has 5 rings (SSSR count). The van der Waals surface area contributed by atoms with Crippen LogP contribution in [0.5, 0.6) is 5.75 Å². The van der Waals surface area contributed by atoms with Gasteiger partial charge in [-0.15, -0.1) is 0 Å². The first-order valence-corrected chi connectivity index (χ1v) is 7.73. The zero-order valence-corrected chi connectivity index (χ0v) is 11.8. The van der Waals surface area contributed by atoms with Crippen LogP contribution in [-0.4, -0.2) is 31.1 Å². The molecule has 2 nitrogen and oxygen atoms in total. The molecule has 0 aromatic heterocycles. The van der Waals surface area contributed by atoms with Gasteiger partial charge >= 0.3 is 0 Å². The van der Waals surface area contributed by atoms with Crippen LogP contribution in [0.3, 0.4) is 0 Å². The zero-order valence-electron chi connectivity index (χ0n) is 11.8. The van der Waals surface area contributed by atoms with Gasteiger partial charge in [0.25, 0.3) is 0 Å². The first kappa shape index (κ1) is 12.2. The summed E-state index contributed by atoms with van der Waals surface area (Å²) in [5.74, 6) is 2.64. The van der Waals surface area contributed by atoms with E-state index in [1.807, 2.05) is 0 Å². The molecule has 104 valence electrons. The number of ether oxygens (including phenoxy) is 1. The van der Waals surface area contributed by atoms with Crippen molar-refractivity contribution >= 4 is 10.8 Å². The summed E-state index contributed by atoms with van der Waals surface area (Å²) < 4.78 is 6.18. The van der Waals surface area contributed by atoms with E-state index in [0.29, 0.717) is 0 Å². The Morgan fingerprint density at radius 2 is 1.80 bits per heavy atom. The fourth-order valence-electron chi connectivity index (χ4n) is 3.79. The van der Waals surface area contributed by atoms with Gasteiger partial charge in [-0.3, -0.25) is 0 Å². The summed E-state index contributed by atoms with van der Waals surface area (Å²) in [6.45, 7) is 4.70. The third-order valence-electron chi connectivity index (χ3n) is 4.99. The molecule has 0 amide bonds. The Bertz CT molecular complexity index is 596. The van der Waals surface area contributed by atoms with Gasteiger partial charge in [0.1, 0.15) is 5.75 Å². The standard InChI is InChI=1S/C18H21NO/c1-2-6-17-15(4-1)5-3-7-18(17)20-13-16-12-19-10-8-14(16)9-11-19/h1-7,14,16H,8-13H2. The summed E-state index contributed by atoms with van der Waals surface area (Å²) in [5, 5.41) is 2.50. The Hall–Kier alpha value is -1.54. The SMILES string of the molecule is c1ccc2c(OCC3CN4CCC3CC4)cccc2c1. The summed E-state index contributed by atoms with van der Waals surface area (Å²) in [4.78, 5) is 2.59. The molecule has 1 unspecified atom stereocenters. The molecule has 3 aliphatic heterocycles. The molecule has 2 heteroatoms. The molecule has 0 N–H and O–H groups in total. The van der Waals surface area contributed by atoms with Crippen molar-refractivity contribution in [2.45, 2.75) is 12.8 Å². The molecule has 1 atom stereocenters. The van der Waals surface area contributed by atoms with Crippen LogP contribution in [0.2, 0.25) is 0 Å². The number of hydrogen-bond acceptors (Lipinski definition) is 2. The molecule has 20 heavy (non-hydrogen) atoms. The predicted molar refractivity (Wildman–Crippen MR) is 82.1 cm³/mol. The molecule has 0 saturated carbocycles. The quantitative estimate of drug-likeness (QED) is 0.843. The Kier molecular flexibility index (Phi) is 3.12. The second-order valence-electron chi connectivity index (χ2n) is 6.19. The van der Waals surface area contributed by atoms with Crippen molar-refractivity contribution in [2.75, 3.05) is 26.2 Å². The first-order valence-electron chi connectivity index (χ1n) is 7.73. The fraction of sp³-hybridized carbons (Fsp3) is 0.444. The van der Waals surface area contributed by atoms with E-state index in [9.17, 15) is 0 Å². The second-order valence-corrected chi connectivity index (χ2v) is 6.19. The smallest absolute Gasteiger partial charge is 0.127 e. The van der Waals surface area contributed by atoms with E-state index in [2.05, 4.69) is 47.4 Å². The lowest BCUT2D eigenvalue weighted by Crippen LogP contribution is -2.49. The van der Waals surface area contributed by atoms with Crippen LogP contribution in [0.4, 0.5) is 0 Å². The molecule has 3 heterocycles. The predicted octanol–water partition coefficient (Wildman–Crippen LogP) is 3.56. The molecular formula is C18H21NO. The summed E-state index contributed by atoms with van der Waals surface area (Å²) in [6.07, 6.45) is 2.73. The van der Waals surface area contributed by atoms with Crippen LogP contribution in [0, 0.1) is 11.8 Å². The molecule has 2 bridgehead atoms. The maximum absolute atomic E-state index is 6.18. The average Bonchev–Trinajstić information content (AvgIpc) is 2.54. The molecule has 0 spiro atoms. The number of piperidine rings is 3. The molecule has 0 aliphatic carbocycles. The molecule has 3 fully saturated rings. The van der Waals surface area contributed by atoms with E-state index in [4.69, 9.17) is 4.74 Å². The Morgan fingerprint density at radius 1 is 1.00 bits per heavy atom. The maximum atomic E-state index is 6.18. The molecule has 3 aliphatic rings. The lowest BCUT2D eigenvalue weighted by Gasteiger charge is -2.44. The summed E-state index contributed by atoms with van der Waals surface area (Å²) in [6, 6.07) is 14.8. The highest BCUT2D eigenvalue weighted by molar-refractivity contribution is 5.88. The minimum Gasteiger partial charge on any atom is -0.493 e. The third-order valence-corrected chi connectivity index (χ3v) is 4.99. The lowest BCUT2D eigenvalue weighted by molar-refractivity contribution is 0.0260. The van der Waals surface area contributed by atoms with Gasteiger partial charge < -0.3 is 9.64 Å². The minimum absolute atomic E-state index is 0.719. The normalized spacial score (nSPS) is 28.7. The van der Waals surface area contributed by atoms with E-state index in [1.165, 1.54) is 43.2 Å². The first-order chi connectivity index (χ1) is 9.90. The van der Waals surface area contributed by atoms with Crippen LogP contribution in [0.1, 0.15) is 12.8 Å². The average molecular weight is 267 g/mol. The van der Waals surface area contributed by atoms with Crippen molar-refractivity contribution in [3.8, 4) is 5.75 Å². The number of benzene rings is 2. The van der Waals surface area contributed by atoms with Crippen molar-refractivity contribution in [1.29, 1.82) is 0 Å². The van der Waals surface area contributed by atoms with Crippen molar-refractivity contribution < 1.29 is 4.74 Å². The lowest BCUT2D eigenvalue weighted by atomic mass is 9.79. The summed E-state index contributed by atoms with van der Waals surface area (Å²) >= 11 is 0. The second kappa shape index (κ2) is 5.10. The number of fused-ring (bicyclic) bond motifs is 4. The van der Waals surface area contributed by atoms with E-state index < -0.39 is 0 Å². The highest BCUT2D eigenvalue weighted by Crippen LogP contribution is 2.33. The molecule has 2 aromatic rings. The third kappa shape index (κ3) is 2.18. The molecular weight excluding hydrogens is 246 g/mol. The number of rotatable bonds is 3. The fourth-order valence-corrected chi connectivity index (χ4v) is 3.79. The van der Waals surface area contributed by atoms with E-state index in [-0.39, 0.29) is 0 Å². The Morgan fingerprint density at radius 3 is 2.60 bits per heavy atom. The summed E-state index contributed by atoms with van der Waals surface area (Å²) in [7, 11) is 0. The van der Waals surface area contributed by atoms with Gasteiger partial charge in [-0.2, -0.15) is 0 Å². The highest BCUT2D eigenvalue weighted by atomic mass is 16.5. The van der Waals surface area contributed by atoms with Gasteiger partial charge in [0.05, 0.1) is 6.61 Å². The van der Waals surface area contributed by atoms with Crippen LogP contribution in [-0.2, 0) is 0 Å². The van der Waals surface area contributed by atoms with E-state index >= 15 is 0 Å². The van der Waals surface area contributed by atoms with Crippen molar-refractivity contribution in [2.24, 2.45) is 11.8 Å². The highest BCUT2D eigenvalue weighted by Gasteiger charge is 2.34.